The molecule has 1 aliphatic rings. The Hall–Kier alpha value is -0.900. The normalized spacial score (nSPS) is 28.2. The van der Waals surface area contributed by atoms with Crippen LogP contribution in [0.5, 0.6) is 0 Å². The van der Waals surface area contributed by atoms with Crippen LogP contribution in [0.15, 0.2) is 0 Å². The molecule has 2 atom stereocenters. The van der Waals surface area contributed by atoms with Crippen LogP contribution in [-0.2, 0) is 11.2 Å². The van der Waals surface area contributed by atoms with E-state index in [0.29, 0.717) is 6.10 Å². The van der Waals surface area contributed by atoms with Crippen LogP contribution in [0.1, 0.15) is 44.4 Å². The Kier molecular flexibility index (Phi) is 2.31. The Bertz CT molecular complexity index is 284. The van der Waals surface area contributed by atoms with Crippen molar-refractivity contribution in [2.45, 2.75) is 45.3 Å². The van der Waals surface area contributed by atoms with Gasteiger partial charge in [-0.3, -0.25) is 5.10 Å². The van der Waals surface area contributed by atoms with E-state index in [2.05, 4.69) is 29.0 Å². The maximum absolute atomic E-state index is 5.66. The molecule has 1 aliphatic heterocycles. The third-order valence-electron chi connectivity index (χ3n) is 2.40. The van der Waals surface area contributed by atoms with E-state index in [0.717, 1.165) is 30.9 Å². The molecule has 0 spiro atoms. The number of aromatic amines is 1. The van der Waals surface area contributed by atoms with E-state index >= 15 is 0 Å². The number of hydrogen-bond acceptors (Lipinski definition) is 3. The molecule has 2 rings (SSSR count). The lowest BCUT2D eigenvalue weighted by Crippen LogP contribution is -2.02. The van der Waals surface area contributed by atoms with Crippen molar-refractivity contribution in [2.75, 3.05) is 0 Å². The van der Waals surface area contributed by atoms with Gasteiger partial charge in [0.2, 0.25) is 0 Å². The van der Waals surface area contributed by atoms with Crippen LogP contribution in [0.2, 0.25) is 0 Å². The molecular formula is C9H15N3O. The smallest absolute Gasteiger partial charge is 0.179 e. The van der Waals surface area contributed by atoms with E-state index in [-0.39, 0.29) is 6.10 Å². The van der Waals surface area contributed by atoms with Gasteiger partial charge < -0.3 is 4.74 Å². The molecule has 1 saturated heterocycles. The van der Waals surface area contributed by atoms with Gasteiger partial charge in [-0.25, -0.2) is 4.98 Å². The second kappa shape index (κ2) is 3.46. The maximum Gasteiger partial charge on any atom is 0.179 e. The first-order valence-electron chi connectivity index (χ1n) is 4.86. The lowest BCUT2D eigenvalue weighted by Gasteiger charge is -2.05. The number of ether oxygens (including phenoxy) is 1. The SMILES string of the molecule is CCc1nc(C2CCC(C)O2)n[nH]1. The Morgan fingerprint density at radius 2 is 2.38 bits per heavy atom. The number of rotatable bonds is 2. The minimum absolute atomic E-state index is 0.117. The molecule has 0 radical (unpaired) electrons. The molecule has 0 saturated carbocycles. The Labute approximate surface area is 77.7 Å². The largest absolute Gasteiger partial charge is 0.367 e. The number of aromatic nitrogens is 3. The number of nitrogens with zero attached hydrogens (tertiary/aromatic N) is 2. The highest BCUT2D eigenvalue weighted by atomic mass is 16.5. The lowest BCUT2D eigenvalue weighted by molar-refractivity contribution is 0.0505. The molecule has 0 aliphatic carbocycles. The Morgan fingerprint density at radius 3 is 2.92 bits per heavy atom. The minimum atomic E-state index is 0.117. The monoisotopic (exact) mass is 181 g/mol. The summed E-state index contributed by atoms with van der Waals surface area (Å²) in [5.74, 6) is 1.76. The van der Waals surface area contributed by atoms with Gasteiger partial charge in [0.15, 0.2) is 5.82 Å². The summed E-state index contributed by atoms with van der Waals surface area (Å²) < 4.78 is 5.66. The number of nitrogens with one attached hydrogen (secondary N) is 1. The summed E-state index contributed by atoms with van der Waals surface area (Å²) in [6, 6.07) is 0. The molecule has 0 bridgehead atoms. The third-order valence-corrected chi connectivity index (χ3v) is 2.40. The second-order valence-corrected chi connectivity index (χ2v) is 3.51. The zero-order chi connectivity index (χ0) is 9.26. The van der Waals surface area contributed by atoms with Crippen molar-refractivity contribution in [2.24, 2.45) is 0 Å². The highest BCUT2D eigenvalue weighted by Crippen LogP contribution is 2.30. The van der Waals surface area contributed by atoms with Gasteiger partial charge >= 0.3 is 0 Å². The summed E-state index contributed by atoms with van der Waals surface area (Å²) in [4.78, 5) is 4.35. The second-order valence-electron chi connectivity index (χ2n) is 3.51. The summed E-state index contributed by atoms with van der Waals surface area (Å²) in [6.45, 7) is 4.15. The van der Waals surface area contributed by atoms with E-state index in [4.69, 9.17) is 4.74 Å². The van der Waals surface area contributed by atoms with Crippen molar-refractivity contribution in [3.63, 3.8) is 0 Å². The van der Waals surface area contributed by atoms with Gasteiger partial charge in [0, 0.05) is 6.42 Å². The van der Waals surface area contributed by atoms with Gasteiger partial charge in [0.1, 0.15) is 11.9 Å². The van der Waals surface area contributed by atoms with Crippen molar-refractivity contribution in [1.82, 2.24) is 15.2 Å². The van der Waals surface area contributed by atoms with Crippen LogP contribution < -0.4 is 0 Å². The first-order valence-corrected chi connectivity index (χ1v) is 4.86. The molecule has 2 heterocycles. The van der Waals surface area contributed by atoms with Crippen molar-refractivity contribution >= 4 is 0 Å². The molecule has 0 amide bonds. The van der Waals surface area contributed by atoms with E-state index in [9.17, 15) is 0 Å². The van der Waals surface area contributed by atoms with Crippen molar-refractivity contribution in [3.8, 4) is 0 Å². The van der Waals surface area contributed by atoms with Gasteiger partial charge in [0.05, 0.1) is 6.10 Å². The number of H-pyrrole nitrogens is 1. The summed E-state index contributed by atoms with van der Waals surface area (Å²) >= 11 is 0. The lowest BCUT2D eigenvalue weighted by atomic mass is 10.2. The summed E-state index contributed by atoms with van der Waals surface area (Å²) in [5, 5.41) is 7.05. The molecular weight excluding hydrogens is 166 g/mol. The summed E-state index contributed by atoms with van der Waals surface area (Å²) in [7, 11) is 0. The van der Waals surface area contributed by atoms with Crippen LogP contribution in [-0.4, -0.2) is 21.3 Å². The molecule has 1 N–H and O–H groups in total. The van der Waals surface area contributed by atoms with Crippen molar-refractivity contribution in [3.05, 3.63) is 11.6 Å². The topological polar surface area (TPSA) is 50.8 Å². The summed E-state index contributed by atoms with van der Waals surface area (Å²) in [6.07, 6.45) is 3.53. The van der Waals surface area contributed by atoms with E-state index in [1.807, 2.05) is 0 Å². The summed E-state index contributed by atoms with van der Waals surface area (Å²) in [5.41, 5.74) is 0. The molecule has 1 aromatic heterocycles. The van der Waals surface area contributed by atoms with Crippen LogP contribution >= 0.6 is 0 Å². The highest BCUT2D eigenvalue weighted by Gasteiger charge is 2.26. The van der Waals surface area contributed by atoms with Crippen LogP contribution in [0.25, 0.3) is 0 Å². The molecule has 1 aromatic rings. The molecule has 72 valence electrons. The van der Waals surface area contributed by atoms with Gasteiger partial charge in [-0.15, -0.1) is 0 Å². The van der Waals surface area contributed by atoms with E-state index in [1.165, 1.54) is 0 Å². The fourth-order valence-electron chi connectivity index (χ4n) is 1.60. The zero-order valence-corrected chi connectivity index (χ0v) is 8.08. The maximum atomic E-state index is 5.66. The van der Waals surface area contributed by atoms with Crippen LogP contribution in [0, 0.1) is 0 Å². The van der Waals surface area contributed by atoms with Gasteiger partial charge in [-0.05, 0) is 19.8 Å². The van der Waals surface area contributed by atoms with Crippen molar-refractivity contribution < 1.29 is 4.74 Å². The van der Waals surface area contributed by atoms with Crippen molar-refractivity contribution in [1.29, 1.82) is 0 Å². The molecule has 2 unspecified atom stereocenters. The standard InChI is InChI=1S/C9H15N3O/c1-3-8-10-9(12-11-8)7-5-4-6(2)13-7/h6-7H,3-5H2,1-2H3,(H,10,11,12). The van der Waals surface area contributed by atoms with Gasteiger partial charge in [-0.1, -0.05) is 6.92 Å². The predicted octanol–water partition coefficient (Wildman–Crippen LogP) is 1.61. The number of hydrogen-bond donors (Lipinski definition) is 1. The van der Waals surface area contributed by atoms with Crippen LogP contribution in [0.4, 0.5) is 0 Å². The molecule has 1 fully saturated rings. The fourth-order valence-corrected chi connectivity index (χ4v) is 1.60. The average molecular weight is 181 g/mol. The predicted molar refractivity (Wildman–Crippen MR) is 48.3 cm³/mol. The van der Waals surface area contributed by atoms with Gasteiger partial charge in [0.25, 0.3) is 0 Å². The average Bonchev–Trinajstić information content (AvgIpc) is 2.71. The molecule has 4 heteroatoms. The Balaban J connectivity index is 2.08. The first kappa shape index (κ1) is 8.69. The fraction of sp³-hybridized carbons (Fsp3) is 0.778. The quantitative estimate of drug-likeness (QED) is 0.754. The molecule has 13 heavy (non-hydrogen) atoms. The van der Waals surface area contributed by atoms with E-state index in [1.54, 1.807) is 0 Å². The number of aryl methyl sites for hydroxylation is 1. The van der Waals surface area contributed by atoms with E-state index < -0.39 is 0 Å². The first-order chi connectivity index (χ1) is 6.29. The third kappa shape index (κ3) is 1.72. The van der Waals surface area contributed by atoms with Crippen LogP contribution in [0.3, 0.4) is 0 Å². The molecule has 4 nitrogen and oxygen atoms in total. The zero-order valence-electron chi connectivity index (χ0n) is 8.08. The van der Waals surface area contributed by atoms with Gasteiger partial charge in [-0.2, -0.15) is 5.10 Å². The Morgan fingerprint density at radius 1 is 1.54 bits per heavy atom. The highest BCUT2D eigenvalue weighted by molar-refractivity contribution is 4.96. The minimum Gasteiger partial charge on any atom is -0.367 e. The molecule has 0 aromatic carbocycles.